The van der Waals surface area contributed by atoms with Crippen LogP contribution in [0.5, 0.6) is 0 Å². The summed E-state index contributed by atoms with van der Waals surface area (Å²) in [6, 6.07) is 1.39. The van der Waals surface area contributed by atoms with Crippen molar-refractivity contribution in [2.24, 2.45) is 5.73 Å². The van der Waals surface area contributed by atoms with Crippen LogP contribution in [-0.2, 0) is 36.4 Å². The molecule has 0 spiro atoms. The third kappa shape index (κ3) is 11.4. The molecule has 22 heteroatoms. The summed E-state index contributed by atoms with van der Waals surface area (Å²) in [6.45, 7) is -1.04. The number of carbonyl (C=O) groups is 2. The van der Waals surface area contributed by atoms with Gasteiger partial charge >= 0.3 is 23.5 Å². The molecule has 41 heavy (non-hydrogen) atoms. The number of nitrogens with one attached hydrogen (secondary N) is 1. The normalized spacial score (nSPS) is 24.5. The van der Waals surface area contributed by atoms with Crippen molar-refractivity contribution in [1.82, 2.24) is 9.88 Å². The zero-order valence-electron chi connectivity index (χ0n) is 21.0. The van der Waals surface area contributed by atoms with Crippen LogP contribution in [0.2, 0.25) is 0 Å². The zero-order valence-corrected chi connectivity index (χ0v) is 23.7. The van der Waals surface area contributed by atoms with Crippen molar-refractivity contribution in [2.45, 2.75) is 49.9 Å². The number of ether oxygens (including phenoxy) is 1. The molecule has 1 fully saturated rings. The summed E-state index contributed by atoms with van der Waals surface area (Å²) in [7, 11) is -16.6. The van der Waals surface area contributed by atoms with Gasteiger partial charge in [0, 0.05) is 24.7 Å². The summed E-state index contributed by atoms with van der Waals surface area (Å²) in [6.07, 6.45) is -4.46. The Labute approximate surface area is 232 Å². The van der Waals surface area contributed by atoms with Gasteiger partial charge in [-0.15, -0.1) is 0 Å². The standard InChI is InChI=1S/C19H30N3O16P3/c20-8-14(36-40(31,32)38-41(33,34)37-39(28,29)30)4-1-5-16(25)21-6-2-3-12-7-13(10-23)22(9-12)19-18(27)17(26)15(11-24)35-19/h7,9-10,14-15,17-19,24,26-27H,1,4-6,8,11,20H2,(H,21,25)(H,31,32)(H,33,34)(H2,28,29,30)/t14?,15-,17-,18-,19-/m1/s1. The fraction of sp³-hybridized carbons (Fsp3) is 0.579. The predicted molar refractivity (Wildman–Crippen MR) is 134 cm³/mol. The third-order valence-electron chi connectivity index (χ3n) is 5.29. The summed E-state index contributed by atoms with van der Waals surface area (Å²) >= 11 is 0. The number of aromatic nitrogens is 1. The van der Waals surface area contributed by atoms with Crippen LogP contribution in [-0.4, -0.2) is 95.8 Å². The molecule has 10 N–H and O–H groups in total. The molecule has 0 aliphatic carbocycles. The minimum absolute atomic E-state index is 0.0623. The van der Waals surface area contributed by atoms with Gasteiger partial charge in [-0.3, -0.25) is 14.1 Å². The average Bonchev–Trinajstić information content (AvgIpc) is 3.38. The van der Waals surface area contributed by atoms with Crippen LogP contribution in [0.25, 0.3) is 0 Å². The maximum absolute atomic E-state index is 12.1. The third-order valence-corrected chi connectivity index (χ3v) is 9.18. The number of phosphoric ester groups is 1. The van der Waals surface area contributed by atoms with Crippen molar-refractivity contribution in [1.29, 1.82) is 0 Å². The molecule has 0 aromatic carbocycles. The molecule has 19 nitrogen and oxygen atoms in total. The van der Waals surface area contributed by atoms with Gasteiger partial charge in [0.25, 0.3) is 0 Å². The van der Waals surface area contributed by atoms with Gasteiger partial charge in [-0.05, 0) is 18.9 Å². The van der Waals surface area contributed by atoms with Gasteiger partial charge in [0.2, 0.25) is 5.91 Å². The summed E-state index contributed by atoms with van der Waals surface area (Å²) in [5, 5.41) is 31.8. The van der Waals surface area contributed by atoms with Crippen LogP contribution in [0.3, 0.4) is 0 Å². The van der Waals surface area contributed by atoms with Crippen LogP contribution < -0.4 is 11.1 Å². The number of phosphoric acid groups is 3. The largest absolute Gasteiger partial charge is 0.490 e. The lowest BCUT2D eigenvalue weighted by molar-refractivity contribution is -0.121. The van der Waals surface area contributed by atoms with Crippen LogP contribution in [0.1, 0.15) is 41.5 Å². The maximum atomic E-state index is 12.1. The first-order chi connectivity index (χ1) is 19.0. The molecule has 0 radical (unpaired) electrons. The van der Waals surface area contributed by atoms with E-state index in [4.69, 9.17) is 20.3 Å². The Bertz CT molecular complexity index is 1270. The molecule has 1 aliphatic heterocycles. The van der Waals surface area contributed by atoms with Crippen LogP contribution in [0.15, 0.2) is 12.3 Å². The van der Waals surface area contributed by atoms with E-state index < -0.39 is 66.6 Å². The number of hydrogen-bond donors (Lipinski definition) is 9. The Hall–Kier alpha value is -1.81. The predicted octanol–water partition coefficient (Wildman–Crippen LogP) is -1.78. The van der Waals surface area contributed by atoms with E-state index >= 15 is 0 Å². The Balaban J connectivity index is 1.83. The molecular weight excluding hydrogens is 619 g/mol. The minimum atomic E-state index is -5.67. The van der Waals surface area contributed by atoms with Gasteiger partial charge in [0.05, 0.1) is 24.9 Å². The summed E-state index contributed by atoms with van der Waals surface area (Å²) in [4.78, 5) is 59.3. The first-order valence-electron chi connectivity index (χ1n) is 11.6. The van der Waals surface area contributed by atoms with E-state index in [0.717, 1.165) is 0 Å². The van der Waals surface area contributed by atoms with Crippen LogP contribution in [0.4, 0.5) is 0 Å². The van der Waals surface area contributed by atoms with Gasteiger partial charge in [0.1, 0.15) is 18.3 Å². The Morgan fingerprint density at radius 3 is 2.41 bits per heavy atom. The van der Waals surface area contributed by atoms with E-state index in [9.17, 15) is 48.4 Å². The molecule has 232 valence electrons. The van der Waals surface area contributed by atoms with Crippen molar-refractivity contribution in [2.75, 3.05) is 19.7 Å². The van der Waals surface area contributed by atoms with Gasteiger partial charge < -0.3 is 55.2 Å². The smallest absolute Gasteiger partial charge is 0.394 e. The zero-order chi connectivity index (χ0) is 31.0. The van der Waals surface area contributed by atoms with Crippen molar-refractivity contribution in [3.05, 3.63) is 23.5 Å². The van der Waals surface area contributed by atoms with Gasteiger partial charge in [0.15, 0.2) is 12.5 Å². The maximum Gasteiger partial charge on any atom is 0.490 e. The van der Waals surface area contributed by atoms with Gasteiger partial charge in [-0.1, -0.05) is 11.8 Å². The Morgan fingerprint density at radius 2 is 1.85 bits per heavy atom. The number of carbonyl (C=O) groups excluding carboxylic acids is 2. The number of amides is 1. The van der Waals surface area contributed by atoms with Crippen molar-refractivity contribution < 1.29 is 76.1 Å². The lowest BCUT2D eigenvalue weighted by Crippen LogP contribution is -2.33. The van der Waals surface area contributed by atoms with Gasteiger partial charge in [-0.25, -0.2) is 13.7 Å². The molecule has 1 aromatic rings. The minimum Gasteiger partial charge on any atom is -0.394 e. The molecule has 1 amide bonds. The highest BCUT2D eigenvalue weighted by atomic mass is 31.3. The molecule has 2 heterocycles. The molecule has 7 atom stereocenters. The molecule has 1 saturated heterocycles. The first-order valence-corrected chi connectivity index (χ1v) is 16.1. The molecule has 1 aromatic heterocycles. The quantitative estimate of drug-likeness (QED) is 0.0576. The Morgan fingerprint density at radius 1 is 1.17 bits per heavy atom. The van der Waals surface area contributed by atoms with Gasteiger partial charge in [-0.2, -0.15) is 8.62 Å². The lowest BCUT2D eigenvalue weighted by Gasteiger charge is -2.20. The Kier molecular flexibility index (Phi) is 13.0. The van der Waals surface area contributed by atoms with E-state index in [1.165, 1.54) is 16.8 Å². The highest BCUT2D eigenvalue weighted by Gasteiger charge is 2.44. The topological polar surface area (TPSA) is 307 Å². The summed E-state index contributed by atoms with van der Waals surface area (Å²) in [5.74, 6) is 4.88. The van der Waals surface area contributed by atoms with E-state index in [1.54, 1.807) is 0 Å². The van der Waals surface area contributed by atoms with Crippen molar-refractivity contribution >= 4 is 35.7 Å². The van der Waals surface area contributed by atoms with Crippen molar-refractivity contribution in [3.63, 3.8) is 0 Å². The SMILES string of the molecule is NCC(CCCC(=O)NCC#Cc1cc(C=O)n([C@@H]2O[C@H](CO)[C@@H](O)[C@H]2O)c1)OP(=O)(O)OP(=O)(O)OP(=O)(O)O. The number of aldehydes is 1. The molecule has 0 saturated carbocycles. The first kappa shape index (κ1) is 35.4. The molecule has 1 aliphatic rings. The second-order valence-electron chi connectivity index (χ2n) is 8.43. The fourth-order valence-electron chi connectivity index (χ4n) is 3.56. The monoisotopic (exact) mass is 649 g/mol. The number of rotatable bonds is 15. The number of aliphatic hydroxyl groups is 3. The highest BCUT2D eigenvalue weighted by molar-refractivity contribution is 7.66. The fourth-order valence-corrected chi connectivity index (χ4v) is 6.79. The summed E-state index contributed by atoms with van der Waals surface area (Å²) in [5.41, 5.74) is 5.83. The van der Waals surface area contributed by atoms with E-state index in [2.05, 4.69) is 30.3 Å². The van der Waals surface area contributed by atoms with E-state index in [1.807, 2.05) is 0 Å². The highest BCUT2D eigenvalue weighted by Crippen LogP contribution is 2.66. The molecular formula is C19H30N3O16P3. The van der Waals surface area contributed by atoms with E-state index in [0.29, 0.717) is 11.8 Å². The second kappa shape index (κ2) is 15.1. The van der Waals surface area contributed by atoms with Crippen LogP contribution >= 0.6 is 23.5 Å². The molecule has 3 unspecified atom stereocenters. The number of aliphatic hydroxyl groups excluding tert-OH is 3. The number of nitrogens with two attached hydrogens (primary N) is 1. The molecule has 2 rings (SSSR count). The van der Waals surface area contributed by atoms with E-state index in [-0.39, 0.29) is 38.0 Å². The second-order valence-corrected chi connectivity index (χ2v) is 12.8. The summed E-state index contributed by atoms with van der Waals surface area (Å²) < 4.78 is 52.5. The average molecular weight is 649 g/mol. The van der Waals surface area contributed by atoms with Crippen LogP contribution in [0, 0.1) is 11.8 Å². The number of nitrogens with zero attached hydrogens (tertiary/aromatic N) is 1. The lowest BCUT2D eigenvalue weighted by atomic mass is 10.1. The molecule has 0 bridgehead atoms. The van der Waals surface area contributed by atoms with Crippen molar-refractivity contribution in [3.8, 4) is 11.8 Å². The number of hydrogen-bond acceptors (Lipinski definition) is 13.